The van der Waals surface area contributed by atoms with E-state index in [1.54, 1.807) is 18.2 Å². The van der Waals surface area contributed by atoms with Crippen molar-refractivity contribution in [1.82, 2.24) is 5.32 Å². The van der Waals surface area contributed by atoms with Crippen molar-refractivity contribution in [2.45, 2.75) is 11.6 Å². The van der Waals surface area contributed by atoms with Gasteiger partial charge < -0.3 is 4.74 Å². The third-order valence-corrected chi connectivity index (χ3v) is 7.24. The molecule has 8 heteroatoms. The summed E-state index contributed by atoms with van der Waals surface area (Å²) in [5.41, 5.74) is 0.446. The third kappa shape index (κ3) is 3.17. The zero-order chi connectivity index (χ0) is 24.0. The number of methoxy groups -OCH3 is 1. The Morgan fingerprint density at radius 2 is 1.38 bits per heavy atom. The molecule has 0 bridgehead atoms. The Morgan fingerprint density at radius 3 is 1.88 bits per heavy atom. The number of carbonyl (C=O) groups is 3. The summed E-state index contributed by atoms with van der Waals surface area (Å²) in [5, 5.41) is 3.68. The minimum absolute atomic E-state index is 0.119. The van der Waals surface area contributed by atoms with Crippen molar-refractivity contribution in [3.05, 3.63) is 100 Å². The number of benzene rings is 3. The number of hydrogen-bond donors (Lipinski definition) is 1. The molecule has 1 N–H and O–H groups in total. The van der Waals surface area contributed by atoms with E-state index in [-0.39, 0.29) is 15.7 Å². The number of amides is 2. The quantitative estimate of drug-likeness (QED) is 0.434. The number of para-hydroxylation sites is 1. The average molecular weight is 495 g/mol. The molecule has 3 atom stereocenters. The van der Waals surface area contributed by atoms with Crippen LogP contribution in [0.25, 0.3) is 0 Å². The largest absolute Gasteiger partial charge is 0.468 e. The molecule has 0 saturated carbocycles. The molecule has 0 radical (unpaired) electrons. The third-order valence-electron chi connectivity index (χ3n) is 6.63. The molecule has 0 spiro atoms. The molecule has 2 fully saturated rings. The van der Waals surface area contributed by atoms with Crippen molar-refractivity contribution in [3.8, 4) is 0 Å². The van der Waals surface area contributed by atoms with Crippen LogP contribution in [0.5, 0.6) is 0 Å². The van der Waals surface area contributed by atoms with Crippen LogP contribution in [0.2, 0.25) is 10.0 Å². The molecule has 2 aliphatic rings. The van der Waals surface area contributed by atoms with E-state index in [1.807, 2.05) is 60.7 Å². The fraction of sp³-hybridized carbons (Fsp3) is 0.192. The number of esters is 1. The monoisotopic (exact) mass is 494 g/mol. The average Bonchev–Trinajstić information content (AvgIpc) is 3.35. The molecular formula is C26H20Cl2N2O4. The van der Waals surface area contributed by atoms with Gasteiger partial charge >= 0.3 is 5.97 Å². The van der Waals surface area contributed by atoms with Gasteiger partial charge in [-0.15, -0.1) is 0 Å². The first-order valence-corrected chi connectivity index (χ1v) is 11.5. The zero-order valence-electron chi connectivity index (χ0n) is 18.1. The second kappa shape index (κ2) is 8.55. The highest BCUT2D eigenvalue weighted by molar-refractivity contribution is 6.42. The summed E-state index contributed by atoms with van der Waals surface area (Å²) in [6.07, 6.45) is 0. The smallest absolute Gasteiger partial charge is 0.323 e. The molecule has 3 aromatic carbocycles. The van der Waals surface area contributed by atoms with Gasteiger partial charge in [-0.25, -0.2) is 4.90 Å². The Kier molecular flexibility index (Phi) is 5.68. The van der Waals surface area contributed by atoms with E-state index >= 15 is 0 Å². The SMILES string of the molecule is COC(=O)[C@@H]1NC(c2ccccc2)(c2ccccc2)[C@H]2C(=O)N(c3c(Cl)cccc3Cl)C(=O)[C@H]12. The maximum Gasteiger partial charge on any atom is 0.323 e. The first-order chi connectivity index (χ1) is 16.4. The molecule has 2 saturated heterocycles. The molecule has 6 nitrogen and oxygen atoms in total. The maximum absolute atomic E-state index is 14.1. The number of halogens is 2. The van der Waals surface area contributed by atoms with Gasteiger partial charge in [-0.1, -0.05) is 89.9 Å². The minimum atomic E-state index is -1.17. The lowest BCUT2D eigenvalue weighted by molar-refractivity contribution is -0.145. The summed E-state index contributed by atoms with van der Waals surface area (Å²) in [7, 11) is 1.26. The molecule has 0 unspecified atom stereocenters. The zero-order valence-corrected chi connectivity index (χ0v) is 19.6. The van der Waals surface area contributed by atoms with Gasteiger partial charge in [0.2, 0.25) is 11.8 Å². The summed E-state index contributed by atoms with van der Waals surface area (Å²) < 4.78 is 5.04. The Labute approximate surface area is 206 Å². The van der Waals surface area contributed by atoms with Gasteiger partial charge in [0, 0.05) is 0 Å². The van der Waals surface area contributed by atoms with Crippen LogP contribution in [0.3, 0.4) is 0 Å². The highest BCUT2D eigenvalue weighted by atomic mass is 35.5. The van der Waals surface area contributed by atoms with E-state index in [9.17, 15) is 14.4 Å². The summed E-state index contributed by atoms with van der Waals surface area (Å²) in [6, 6.07) is 22.3. The molecular weight excluding hydrogens is 475 g/mol. The van der Waals surface area contributed by atoms with E-state index in [0.717, 1.165) is 16.0 Å². The van der Waals surface area contributed by atoms with Gasteiger partial charge in [-0.3, -0.25) is 19.7 Å². The van der Waals surface area contributed by atoms with Crippen LogP contribution >= 0.6 is 23.2 Å². The van der Waals surface area contributed by atoms with Crippen LogP contribution in [-0.2, 0) is 24.7 Å². The van der Waals surface area contributed by atoms with E-state index in [1.165, 1.54) is 7.11 Å². The molecule has 34 heavy (non-hydrogen) atoms. The Hall–Kier alpha value is -3.19. The number of nitrogens with zero attached hydrogens (tertiary/aromatic N) is 1. The van der Waals surface area contributed by atoms with Crippen molar-refractivity contribution < 1.29 is 19.1 Å². The van der Waals surface area contributed by atoms with Crippen molar-refractivity contribution in [3.63, 3.8) is 0 Å². The van der Waals surface area contributed by atoms with E-state index < -0.39 is 41.2 Å². The summed E-state index contributed by atoms with van der Waals surface area (Å²) in [4.78, 5) is 41.9. The lowest BCUT2D eigenvalue weighted by Crippen LogP contribution is -2.52. The number of imide groups is 1. The number of hydrogen-bond acceptors (Lipinski definition) is 5. The van der Waals surface area contributed by atoms with E-state index in [4.69, 9.17) is 27.9 Å². The van der Waals surface area contributed by atoms with Crippen molar-refractivity contribution in [2.75, 3.05) is 12.0 Å². The highest BCUT2D eigenvalue weighted by Gasteiger charge is 2.68. The molecule has 2 aliphatic heterocycles. The molecule has 0 aliphatic carbocycles. The lowest BCUT2D eigenvalue weighted by Gasteiger charge is -2.36. The van der Waals surface area contributed by atoms with Crippen LogP contribution in [-0.4, -0.2) is 30.9 Å². The van der Waals surface area contributed by atoms with Crippen LogP contribution in [0.1, 0.15) is 11.1 Å². The Morgan fingerprint density at radius 1 is 0.853 bits per heavy atom. The first-order valence-electron chi connectivity index (χ1n) is 10.7. The maximum atomic E-state index is 14.1. The van der Waals surface area contributed by atoms with Gasteiger partial charge in [-0.05, 0) is 23.3 Å². The highest BCUT2D eigenvalue weighted by Crippen LogP contribution is 2.53. The van der Waals surface area contributed by atoms with Gasteiger partial charge in [0.25, 0.3) is 0 Å². The van der Waals surface area contributed by atoms with Crippen molar-refractivity contribution in [2.24, 2.45) is 11.8 Å². The molecule has 3 aromatic rings. The standard InChI is InChI=1S/C26H20Cl2N2O4/c1-34-25(33)21-19-20(24(32)30(23(19)31)22-17(27)13-8-14-18(22)28)26(29-21,15-9-4-2-5-10-15)16-11-6-3-7-12-16/h2-14,19-21,29H,1H3/t19-,20+,21+/m0/s1. The number of carbonyl (C=O) groups excluding carboxylic acids is 3. The van der Waals surface area contributed by atoms with Crippen LogP contribution < -0.4 is 10.2 Å². The number of rotatable bonds is 4. The summed E-state index contributed by atoms with van der Waals surface area (Å²) in [6.45, 7) is 0. The van der Waals surface area contributed by atoms with Crippen LogP contribution in [0, 0.1) is 11.8 Å². The van der Waals surface area contributed by atoms with E-state index in [2.05, 4.69) is 5.32 Å². The molecule has 172 valence electrons. The second-order valence-corrected chi connectivity index (χ2v) is 9.09. The molecule has 0 aromatic heterocycles. The van der Waals surface area contributed by atoms with Gasteiger partial charge in [0.05, 0.1) is 40.2 Å². The van der Waals surface area contributed by atoms with Gasteiger partial charge in [-0.2, -0.15) is 0 Å². The number of anilines is 1. The number of nitrogens with one attached hydrogen (secondary N) is 1. The molecule has 2 amide bonds. The predicted molar refractivity (Wildman–Crippen MR) is 129 cm³/mol. The Bertz CT molecular complexity index is 1220. The van der Waals surface area contributed by atoms with Crippen molar-refractivity contribution in [1.29, 1.82) is 0 Å². The van der Waals surface area contributed by atoms with Crippen LogP contribution in [0.15, 0.2) is 78.9 Å². The predicted octanol–water partition coefficient (Wildman–Crippen LogP) is 4.19. The molecule has 2 heterocycles. The second-order valence-electron chi connectivity index (χ2n) is 8.27. The number of ether oxygens (including phenoxy) is 1. The minimum Gasteiger partial charge on any atom is -0.468 e. The Balaban J connectivity index is 1.78. The summed E-state index contributed by atoms with van der Waals surface area (Å²) >= 11 is 12.8. The van der Waals surface area contributed by atoms with Crippen LogP contribution in [0.4, 0.5) is 5.69 Å². The molecule has 5 rings (SSSR count). The topological polar surface area (TPSA) is 75.7 Å². The lowest BCUT2D eigenvalue weighted by atomic mass is 9.72. The normalized spacial score (nSPS) is 23.1. The fourth-order valence-electron chi connectivity index (χ4n) is 5.26. The first kappa shape index (κ1) is 22.6. The van der Waals surface area contributed by atoms with Gasteiger partial charge in [0.1, 0.15) is 6.04 Å². The summed E-state index contributed by atoms with van der Waals surface area (Å²) in [5.74, 6) is -3.64. The number of fused-ring (bicyclic) bond motifs is 1. The van der Waals surface area contributed by atoms with E-state index in [0.29, 0.717) is 0 Å². The van der Waals surface area contributed by atoms with Gasteiger partial charge in [0.15, 0.2) is 0 Å². The van der Waals surface area contributed by atoms with Crippen molar-refractivity contribution >= 4 is 46.7 Å². The fourth-order valence-corrected chi connectivity index (χ4v) is 5.82.